The normalized spacial score (nSPS) is 13.4. The average molecular weight is 371 g/mol. The highest BCUT2D eigenvalue weighted by Gasteiger charge is 2.21. The van der Waals surface area contributed by atoms with Crippen LogP contribution >= 0.6 is 8.69 Å². The van der Waals surface area contributed by atoms with Crippen molar-refractivity contribution in [3.8, 4) is 0 Å². The van der Waals surface area contributed by atoms with Gasteiger partial charge >= 0.3 is 12.1 Å². The van der Waals surface area contributed by atoms with Crippen LogP contribution in [0.2, 0.25) is 0 Å². The fraction of sp³-hybridized carbons (Fsp3) is 0.529. The van der Waals surface area contributed by atoms with E-state index in [-0.39, 0.29) is 19.3 Å². The fourth-order valence-electron chi connectivity index (χ4n) is 2.30. The van der Waals surface area contributed by atoms with Gasteiger partial charge in [-0.15, -0.1) is 0 Å². The Balaban J connectivity index is 2.41. The molecule has 25 heavy (non-hydrogen) atoms. The second-order valence-electron chi connectivity index (χ2n) is 5.54. The number of amides is 1. The molecule has 1 amide bonds. The summed E-state index contributed by atoms with van der Waals surface area (Å²) in [5, 5.41) is 2.79. The van der Waals surface area contributed by atoms with Crippen molar-refractivity contribution >= 4 is 20.7 Å². The molecule has 0 fully saturated rings. The summed E-state index contributed by atoms with van der Waals surface area (Å²) < 4.78 is 25.3. The third kappa shape index (κ3) is 8.70. The van der Waals surface area contributed by atoms with E-state index in [9.17, 15) is 14.2 Å². The van der Waals surface area contributed by atoms with E-state index in [2.05, 4.69) is 5.32 Å². The van der Waals surface area contributed by atoms with Crippen LogP contribution in [0.5, 0.6) is 0 Å². The molecule has 1 aromatic rings. The largest absolute Gasteiger partial charge is 0.469 e. The standard InChI is InChI=1S/C17H26NO6P/c1-3-15(10-9-14(12-24-25-21)16(19)22-2)18-17(20)23-11-13-7-5-4-6-8-13/h4-8,14-15H,3,9-12,25H2,1-2H3,(H,18,20). The van der Waals surface area contributed by atoms with Gasteiger partial charge in [0.05, 0.1) is 19.6 Å². The van der Waals surface area contributed by atoms with Crippen molar-refractivity contribution in [2.75, 3.05) is 13.7 Å². The molecule has 1 rings (SSSR count). The van der Waals surface area contributed by atoms with Gasteiger partial charge in [-0.1, -0.05) is 37.3 Å². The topological polar surface area (TPSA) is 90.9 Å². The summed E-state index contributed by atoms with van der Waals surface area (Å²) >= 11 is 0. The van der Waals surface area contributed by atoms with Crippen LogP contribution in [-0.2, 0) is 30.0 Å². The maximum atomic E-state index is 11.9. The van der Waals surface area contributed by atoms with Crippen LogP contribution in [0.3, 0.4) is 0 Å². The molecule has 7 nitrogen and oxygen atoms in total. The van der Waals surface area contributed by atoms with Crippen LogP contribution in [0.25, 0.3) is 0 Å². The van der Waals surface area contributed by atoms with Crippen molar-refractivity contribution < 1.29 is 28.2 Å². The number of hydrogen-bond acceptors (Lipinski definition) is 6. The van der Waals surface area contributed by atoms with Crippen LogP contribution in [0, 0.1) is 5.92 Å². The van der Waals surface area contributed by atoms with E-state index in [1.54, 1.807) is 0 Å². The lowest BCUT2D eigenvalue weighted by Gasteiger charge is -2.19. The lowest BCUT2D eigenvalue weighted by Crippen LogP contribution is -2.35. The molecule has 1 N–H and O–H groups in total. The van der Waals surface area contributed by atoms with Gasteiger partial charge in [0.25, 0.3) is 0 Å². The molecule has 0 radical (unpaired) electrons. The average Bonchev–Trinajstić information content (AvgIpc) is 2.65. The minimum absolute atomic E-state index is 0.0559. The van der Waals surface area contributed by atoms with Crippen LogP contribution in [0.15, 0.2) is 30.3 Å². The molecule has 0 heterocycles. The third-order valence-corrected chi connectivity index (χ3v) is 4.12. The molecule has 8 heteroatoms. The molecule has 0 aliphatic rings. The molecule has 0 spiro atoms. The van der Waals surface area contributed by atoms with Crippen molar-refractivity contribution in [2.45, 2.75) is 38.8 Å². The van der Waals surface area contributed by atoms with Gasteiger partial charge in [0.2, 0.25) is 0 Å². The summed E-state index contributed by atoms with van der Waals surface area (Å²) in [6.07, 6.45) is 1.23. The van der Waals surface area contributed by atoms with E-state index >= 15 is 0 Å². The van der Waals surface area contributed by atoms with Gasteiger partial charge in [0.15, 0.2) is 8.69 Å². The summed E-state index contributed by atoms with van der Waals surface area (Å²) in [5.41, 5.74) is 0.911. The monoisotopic (exact) mass is 371 g/mol. The second kappa shape index (κ2) is 12.5. The Hall–Kier alpha value is -1.85. The number of nitrogens with one attached hydrogen (secondary N) is 1. The SMILES string of the molecule is CCC(CCC(CO[PH2]=O)C(=O)OC)NC(=O)OCc1ccccc1. The zero-order chi connectivity index (χ0) is 18.5. The predicted molar refractivity (Wildman–Crippen MR) is 94.9 cm³/mol. The molecule has 0 bridgehead atoms. The Morgan fingerprint density at radius 3 is 2.52 bits per heavy atom. The van der Waals surface area contributed by atoms with Crippen molar-refractivity contribution in [1.82, 2.24) is 5.32 Å². The number of carbonyl (C=O) groups is 2. The maximum absolute atomic E-state index is 11.9. The Morgan fingerprint density at radius 2 is 1.92 bits per heavy atom. The van der Waals surface area contributed by atoms with Crippen molar-refractivity contribution in [2.24, 2.45) is 5.92 Å². The number of ether oxygens (including phenoxy) is 2. The Kier molecular flexibility index (Phi) is 10.6. The molecule has 140 valence electrons. The fourth-order valence-corrected chi connectivity index (χ4v) is 2.61. The van der Waals surface area contributed by atoms with E-state index < -0.39 is 26.7 Å². The summed E-state index contributed by atoms with van der Waals surface area (Å²) in [6, 6.07) is 9.28. The summed E-state index contributed by atoms with van der Waals surface area (Å²) in [4.78, 5) is 23.6. The minimum atomic E-state index is -1.36. The van der Waals surface area contributed by atoms with Crippen LogP contribution < -0.4 is 5.32 Å². The Labute approximate surface area is 149 Å². The molecule has 3 atom stereocenters. The first kappa shape index (κ1) is 21.2. The summed E-state index contributed by atoms with van der Waals surface area (Å²) in [7, 11) is -0.0633. The van der Waals surface area contributed by atoms with Gasteiger partial charge < -0.3 is 19.3 Å². The molecule has 0 saturated carbocycles. The van der Waals surface area contributed by atoms with E-state index in [1.165, 1.54) is 7.11 Å². The van der Waals surface area contributed by atoms with Gasteiger partial charge in [-0.05, 0) is 24.8 Å². The van der Waals surface area contributed by atoms with Gasteiger partial charge in [0.1, 0.15) is 6.61 Å². The number of methoxy groups -OCH3 is 1. The lowest BCUT2D eigenvalue weighted by molar-refractivity contribution is -0.146. The number of rotatable bonds is 11. The smallest absolute Gasteiger partial charge is 0.407 e. The second-order valence-corrected chi connectivity index (χ2v) is 6.06. The first-order chi connectivity index (χ1) is 12.1. The van der Waals surface area contributed by atoms with Gasteiger partial charge in [0, 0.05) is 6.04 Å². The van der Waals surface area contributed by atoms with Crippen molar-refractivity contribution in [1.29, 1.82) is 0 Å². The first-order valence-electron chi connectivity index (χ1n) is 8.21. The van der Waals surface area contributed by atoms with E-state index in [0.717, 1.165) is 5.56 Å². The molecule has 0 aliphatic heterocycles. The third-order valence-electron chi connectivity index (χ3n) is 3.79. The predicted octanol–water partition coefficient (Wildman–Crippen LogP) is 2.95. The van der Waals surface area contributed by atoms with E-state index in [1.807, 2.05) is 37.3 Å². The number of esters is 1. The highest BCUT2D eigenvalue weighted by molar-refractivity contribution is 7.17. The Bertz CT molecular complexity index is 539. The number of benzene rings is 1. The van der Waals surface area contributed by atoms with Crippen LogP contribution in [0.1, 0.15) is 31.7 Å². The molecule has 0 saturated heterocycles. The highest BCUT2D eigenvalue weighted by atomic mass is 31.1. The van der Waals surface area contributed by atoms with E-state index in [4.69, 9.17) is 14.0 Å². The van der Waals surface area contributed by atoms with Crippen LogP contribution in [0.4, 0.5) is 4.79 Å². The number of carbonyl (C=O) groups excluding carboxylic acids is 2. The van der Waals surface area contributed by atoms with Gasteiger partial charge in [-0.3, -0.25) is 9.36 Å². The Morgan fingerprint density at radius 1 is 1.20 bits per heavy atom. The van der Waals surface area contributed by atoms with E-state index in [0.29, 0.717) is 19.3 Å². The first-order valence-corrected chi connectivity index (χ1v) is 9.15. The molecule has 0 aromatic heterocycles. The highest BCUT2D eigenvalue weighted by Crippen LogP contribution is 2.15. The molecule has 3 unspecified atom stereocenters. The summed E-state index contributed by atoms with van der Waals surface area (Å²) in [5.74, 6) is -0.906. The maximum Gasteiger partial charge on any atom is 0.407 e. The van der Waals surface area contributed by atoms with Gasteiger partial charge in [-0.25, -0.2) is 4.79 Å². The molecule has 1 aromatic carbocycles. The quantitative estimate of drug-likeness (QED) is 0.475. The number of hydrogen-bond donors (Lipinski definition) is 1. The van der Waals surface area contributed by atoms with Gasteiger partial charge in [-0.2, -0.15) is 0 Å². The lowest BCUT2D eigenvalue weighted by atomic mass is 9.99. The molecule has 0 aliphatic carbocycles. The minimum Gasteiger partial charge on any atom is -0.469 e. The van der Waals surface area contributed by atoms with Crippen molar-refractivity contribution in [3.05, 3.63) is 35.9 Å². The zero-order valence-electron chi connectivity index (χ0n) is 14.6. The molecular weight excluding hydrogens is 345 g/mol. The number of alkyl carbamates (subject to hydrolysis) is 1. The summed E-state index contributed by atoms with van der Waals surface area (Å²) in [6.45, 7) is 2.20. The van der Waals surface area contributed by atoms with Crippen molar-refractivity contribution in [3.63, 3.8) is 0 Å². The molecular formula is C17H26NO6P. The van der Waals surface area contributed by atoms with Crippen LogP contribution in [-0.4, -0.2) is 31.8 Å². The zero-order valence-corrected chi connectivity index (χ0v) is 15.8.